The SMILES string of the molecule is CCCC(=NNc1ccccc1)c1cc(O)c(O)cc1O. The molecule has 0 atom stereocenters. The molecule has 0 aliphatic carbocycles. The first kappa shape index (κ1) is 14.7. The third-order valence-electron chi connectivity index (χ3n) is 2.98. The monoisotopic (exact) mass is 286 g/mol. The van der Waals surface area contributed by atoms with Crippen LogP contribution in [0.4, 0.5) is 5.69 Å². The van der Waals surface area contributed by atoms with E-state index in [1.165, 1.54) is 6.07 Å². The number of hydrogen-bond donors (Lipinski definition) is 4. The fourth-order valence-corrected chi connectivity index (χ4v) is 1.93. The van der Waals surface area contributed by atoms with E-state index in [1.807, 2.05) is 37.3 Å². The lowest BCUT2D eigenvalue weighted by atomic mass is 10.0. The summed E-state index contributed by atoms with van der Waals surface area (Å²) in [5, 5.41) is 33.2. The minimum Gasteiger partial charge on any atom is -0.507 e. The molecule has 0 heterocycles. The lowest BCUT2D eigenvalue weighted by Crippen LogP contribution is -2.05. The average Bonchev–Trinajstić information content (AvgIpc) is 2.48. The van der Waals surface area contributed by atoms with Crippen LogP contribution in [-0.4, -0.2) is 21.0 Å². The van der Waals surface area contributed by atoms with Gasteiger partial charge in [0.1, 0.15) is 5.75 Å². The van der Waals surface area contributed by atoms with Gasteiger partial charge in [0.25, 0.3) is 0 Å². The molecule has 0 radical (unpaired) electrons. The highest BCUT2D eigenvalue weighted by atomic mass is 16.3. The molecule has 0 aliphatic heterocycles. The summed E-state index contributed by atoms with van der Waals surface area (Å²) in [6.07, 6.45) is 1.45. The number of phenolic OH excluding ortho intramolecular Hbond substituents is 3. The van der Waals surface area contributed by atoms with Crippen molar-refractivity contribution in [1.82, 2.24) is 0 Å². The Hall–Kier alpha value is -2.69. The standard InChI is InChI=1S/C16H18N2O3/c1-2-6-13(18-17-11-7-4-3-5-8-11)12-9-15(20)16(21)10-14(12)19/h3-5,7-10,17,19-21H,2,6H2,1H3. The Morgan fingerprint density at radius 1 is 1.00 bits per heavy atom. The first-order valence-electron chi connectivity index (χ1n) is 6.74. The predicted molar refractivity (Wildman–Crippen MR) is 82.9 cm³/mol. The zero-order valence-corrected chi connectivity index (χ0v) is 11.7. The second-order valence-corrected chi connectivity index (χ2v) is 4.64. The van der Waals surface area contributed by atoms with Crippen molar-refractivity contribution in [3.05, 3.63) is 48.0 Å². The van der Waals surface area contributed by atoms with Gasteiger partial charge in [-0.2, -0.15) is 5.10 Å². The third-order valence-corrected chi connectivity index (χ3v) is 2.98. The maximum absolute atomic E-state index is 9.93. The normalized spacial score (nSPS) is 11.4. The summed E-state index contributed by atoms with van der Waals surface area (Å²) in [4.78, 5) is 0. The number of nitrogens with zero attached hydrogens (tertiary/aromatic N) is 1. The van der Waals surface area contributed by atoms with Crippen molar-refractivity contribution >= 4 is 11.4 Å². The minimum absolute atomic E-state index is 0.118. The van der Waals surface area contributed by atoms with Crippen LogP contribution in [0.3, 0.4) is 0 Å². The lowest BCUT2D eigenvalue weighted by Gasteiger charge is -2.10. The van der Waals surface area contributed by atoms with Crippen LogP contribution in [0.15, 0.2) is 47.6 Å². The van der Waals surface area contributed by atoms with E-state index >= 15 is 0 Å². The van der Waals surface area contributed by atoms with E-state index in [-0.39, 0.29) is 17.2 Å². The van der Waals surface area contributed by atoms with Crippen molar-refractivity contribution in [3.8, 4) is 17.2 Å². The van der Waals surface area contributed by atoms with Gasteiger partial charge in [-0.25, -0.2) is 0 Å². The summed E-state index contributed by atoms with van der Waals surface area (Å²) in [5.74, 6) is -0.762. The Kier molecular flexibility index (Phi) is 4.66. The largest absolute Gasteiger partial charge is 0.507 e. The molecule has 5 nitrogen and oxygen atoms in total. The molecule has 0 amide bonds. The molecule has 0 saturated heterocycles. The molecule has 0 aliphatic rings. The van der Waals surface area contributed by atoms with Gasteiger partial charge in [0.2, 0.25) is 0 Å². The molecule has 2 rings (SSSR count). The molecule has 0 saturated carbocycles. The molecule has 0 spiro atoms. The van der Waals surface area contributed by atoms with Crippen LogP contribution >= 0.6 is 0 Å². The van der Waals surface area contributed by atoms with Crippen molar-refractivity contribution < 1.29 is 15.3 Å². The van der Waals surface area contributed by atoms with E-state index in [0.717, 1.165) is 18.2 Å². The Labute approximate surface area is 123 Å². The molecule has 0 bridgehead atoms. The maximum atomic E-state index is 9.93. The first-order valence-corrected chi connectivity index (χ1v) is 6.74. The van der Waals surface area contributed by atoms with Crippen molar-refractivity contribution in [2.75, 3.05) is 5.43 Å². The topological polar surface area (TPSA) is 85.1 Å². The summed E-state index contributed by atoms with van der Waals surface area (Å²) in [5.41, 5.74) is 4.75. The molecule has 2 aromatic rings. The Balaban J connectivity index is 2.32. The molecule has 21 heavy (non-hydrogen) atoms. The molecule has 2 aromatic carbocycles. The highest BCUT2D eigenvalue weighted by Gasteiger charge is 2.13. The molecule has 110 valence electrons. The van der Waals surface area contributed by atoms with E-state index in [1.54, 1.807) is 0 Å². The van der Waals surface area contributed by atoms with E-state index in [2.05, 4.69) is 10.5 Å². The summed E-state index contributed by atoms with van der Waals surface area (Å²) in [6.45, 7) is 2.00. The van der Waals surface area contributed by atoms with Crippen LogP contribution in [-0.2, 0) is 0 Å². The zero-order chi connectivity index (χ0) is 15.2. The van der Waals surface area contributed by atoms with Crippen molar-refractivity contribution in [3.63, 3.8) is 0 Å². The molecule has 0 fully saturated rings. The highest BCUT2D eigenvalue weighted by molar-refractivity contribution is 6.03. The van der Waals surface area contributed by atoms with Gasteiger partial charge in [0.05, 0.1) is 11.4 Å². The number of hydrogen-bond acceptors (Lipinski definition) is 5. The Morgan fingerprint density at radius 3 is 2.33 bits per heavy atom. The fraction of sp³-hybridized carbons (Fsp3) is 0.188. The van der Waals surface area contributed by atoms with Crippen molar-refractivity contribution in [2.45, 2.75) is 19.8 Å². The summed E-state index contributed by atoms with van der Waals surface area (Å²) in [7, 11) is 0. The third kappa shape index (κ3) is 3.66. The summed E-state index contributed by atoms with van der Waals surface area (Å²) >= 11 is 0. The summed E-state index contributed by atoms with van der Waals surface area (Å²) in [6, 6.07) is 11.9. The van der Waals surface area contributed by atoms with Gasteiger partial charge in [0.15, 0.2) is 11.5 Å². The quantitative estimate of drug-likeness (QED) is 0.294. The first-order chi connectivity index (χ1) is 10.1. The second kappa shape index (κ2) is 6.65. The van der Waals surface area contributed by atoms with Crippen LogP contribution in [0.5, 0.6) is 17.2 Å². The number of rotatable bonds is 5. The zero-order valence-electron chi connectivity index (χ0n) is 11.7. The van der Waals surface area contributed by atoms with Crippen LogP contribution in [0, 0.1) is 0 Å². The fourth-order valence-electron chi connectivity index (χ4n) is 1.93. The molecule has 4 N–H and O–H groups in total. The number of nitrogens with one attached hydrogen (secondary N) is 1. The number of para-hydroxylation sites is 1. The number of benzene rings is 2. The minimum atomic E-state index is -0.358. The average molecular weight is 286 g/mol. The smallest absolute Gasteiger partial charge is 0.161 e. The van der Waals surface area contributed by atoms with Gasteiger partial charge in [-0.3, -0.25) is 5.43 Å². The molecule has 0 aromatic heterocycles. The predicted octanol–water partition coefficient (Wildman–Crippen LogP) is 3.42. The maximum Gasteiger partial charge on any atom is 0.161 e. The van der Waals surface area contributed by atoms with Crippen LogP contribution in [0.25, 0.3) is 0 Å². The van der Waals surface area contributed by atoms with E-state index < -0.39 is 0 Å². The number of anilines is 1. The van der Waals surface area contributed by atoms with Gasteiger partial charge in [-0.05, 0) is 24.6 Å². The summed E-state index contributed by atoms with van der Waals surface area (Å²) < 4.78 is 0. The number of aromatic hydroxyl groups is 3. The molecular formula is C16H18N2O3. The molecule has 0 unspecified atom stereocenters. The second-order valence-electron chi connectivity index (χ2n) is 4.64. The van der Waals surface area contributed by atoms with Gasteiger partial charge in [0, 0.05) is 11.6 Å². The van der Waals surface area contributed by atoms with Crippen LogP contribution in [0.1, 0.15) is 25.3 Å². The van der Waals surface area contributed by atoms with Crippen LogP contribution in [0.2, 0.25) is 0 Å². The van der Waals surface area contributed by atoms with Crippen LogP contribution < -0.4 is 5.43 Å². The Morgan fingerprint density at radius 2 is 1.67 bits per heavy atom. The van der Waals surface area contributed by atoms with Gasteiger partial charge < -0.3 is 15.3 Å². The Bertz CT molecular complexity index is 639. The van der Waals surface area contributed by atoms with Crippen molar-refractivity contribution in [1.29, 1.82) is 0 Å². The van der Waals surface area contributed by atoms with E-state index in [0.29, 0.717) is 17.7 Å². The highest BCUT2D eigenvalue weighted by Crippen LogP contribution is 2.33. The molecule has 5 heteroatoms. The van der Waals surface area contributed by atoms with E-state index in [4.69, 9.17) is 0 Å². The number of hydrazone groups is 1. The van der Waals surface area contributed by atoms with Gasteiger partial charge in [-0.1, -0.05) is 31.5 Å². The van der Waals surface area contributed by atoms with E-state index in [9.17, 15) is 15.3 Å². The van der Waals surface area contributed by atoms with Gasteiger partial charge >= 0.3 is 0 Å². The van der Waals surface area contributed by atoms with Crippen molar-refractivity contribution in [2.24, 2.45) is 5.10 Å². The lowest BCUT2D eigenvalue weighted by molar-refractivity contribution is 0.396. The number of phenols is 3. The van der Waals surface area contributed by atoms with Gasteiger partial charge in [-0.15, -0.1) is 0 Å². The molecular weight excluding hydrogens is 268 g/mol.